The fourth-order valence-electron chi connectivity index (χ4n) is 8.77. The van der Waals surface area contributed by atoms with E-state index in [1.54, 1.807) is 0 Å². The number of hydrogen-bond donors (Lipinski definition) is 0. The quantitative estimate of drug-likeness (QED) is 0.247. The molecule has 0 aromatic rings. The number of ether oxygens (including phenoxy) is 1. The molecule has 0 heterocycles. The lowest BCUT2D eigenvalue weighted by Crippen LogP contribution is -2.54. The van der Waals surface area contributed by atoms with Crippen molar-refractivity contribution in [2.24, 2.45) is 46.3 Å². The van der Waals surface area contributed by atoms with Crippen molar-refractivity contribution in [3.63, 3.8) is 0 Å². The van der Waals surface area contributed by atoms with E-state index in [0.717, 1.165) is 48.3 Å². The molecule has 4 rings (SSSR count). The van der Waals surface area contributed by atoms with Crippen molar-refractivity contribution in [2.75, 3.05) is 4.43 Å². The van der Waals surface area contributed by atoms with Crippen LogP contribution in [-0.4, -0.2) is 17.0 Å². The Morgan fingerprint density at radius 3 is 2.52 bits per heavy atom. The van der Waals surface area contributed by atoms with Gasteiger partial charge in [0.2, 0.25) is 0 Å². The van der Waals surface area contributed by atoms with Crippen LogP contribution < -0.4 is 0 Å². The van der Waals surface area contributed by atoms with Gasteiger partial charge in [0.1, 0.15) is 6.10 Å². The molecule has 0 amide bonds. The fraction of sp³-hybridized carbons (Fsp3) is 0.958. The molecule has 0 aromatic heterocycles. The number of carbonyl (C=O) groups is 1. The van der Waals surface area contributed by atoms with E-state index in [-0.39, 0.29) is 6.10 Å². The minimum absolute atomic E-state index is 0.191. The Kier molecular flexibility index (Phi) is 5.91. The van der Waals surface area contributed by atoms with Gasteiger partial charge in [0.05, 0.1) is 0 Å². The fourth-order valence-corrected chi connectivity index (χ4v) is 9.75. The van der Waals surface area contributed by atoms with Crippen molar-refractivity contribution in [1.82, 2.24) is 0 Å². The predicted octanol–water partition coefficient (Wildman–Crippen LogP) is 6.65. The van der Waals surface area contributed by atoms with Gasteiger partial charge in [-0.25, -0.2) is 0 Å². The zero-order valence-corrected chi connectivity index (χ0v) is 19.7. The van der Waals surface area contributed by atoms with Crippen LogP contribution in [0.3, 0.4) is 0 Å². The van der Waals surface area contributed by atoms with Crippen molar-refractivity contribution in [3.05, 3.63) is 0 Å². The molecule has 154 valence electrons. The molecule has 4 fully saturated rings. The number of halogens is 1. The van der Waals surface area contributed by atoms with Crippen molar-refractivity contribution in [2.45, 2.75) is 91.1 Å². The molecule has 0 aliphatic heterocycles. The molecule has 0 spiro atoms. The molecule has 3 heteroatoms. The monoisotopic (exact) mass is 486 g/mol. The summed E-state index contributed by atoms with van der Waals surface area (Å²) in [5, 5.41) is 0. The van der Waals surface area contributed by atoms with Gasteiger partial charge in [0.15, 0.2) is 0 Å². The van der Waals surface area contributed by atoms with Crippen LogP contribution in [0.25, 0.3) is 0 Å². The van der Waals surface area contributed by atoms with Crippen LogP contribution in [0.1, 0.15) is 85.0 Å². The molecule has 0 radical (unpaired) electrons. The lowest BCUT2D eigenvalue weighted by atomic mass is 9.44. The molecule has 4 aliphatic carbocycles. The molecule has 4 saturated carbocycles. The summed E-state index contributed by atoms with van der Waals surface area (Å²) in [4.78, 5) is 10.8. The summed E-state index contributed by atoms with van der Waals surface area (Å²) in [6, 6.07) is 0. The third kappa shape index (κ3) is 3.30. The highest BCUT2D eigenvalue weighted by Crippen LogP contribution is 2.68. The predicted molar refractivity (Wildman–Crippen MR) is 119 cm³/mol. The van der Waals surface area contributed by atoms with Crippen molar-refractivity contribution in [3.8, 4) is 0 Å². The second-order valence-electron chi connectivity index (χ2n) is 11.0. The van der Waals surface area contributed by atoms with Crippen molar-refractivity contribution < 1.29 is 9.53 Å². The molecule has 9 atom stereocenters. The summed E-state index contributed by atoms with van der Waals surface area (Å²) in [6.07, 6.45) is 13.8. The maximum absolute atomic E-state index is 10.8. The van der Waals surface area contributed by atoms with E-state index < -0.39 is 0 Å². The van der Waals surface area contributed by atoms with Gasteiger partial charge >= 0.3 is 0 Å². The number of rotatable bonds is 5. The largest absolute Gasteiger partial charge is 0.465 e. The zero-order valence-electron chi connectivity index (χ0n) is 17.6. The molecule has 0 bridgehead atoms. The third-order valence-electron chi connectivity index (χ3n) is 10.2. The summed E-state index contributed by atoms with van der Waals surface area (Å²) in [5.74, 6) is 5.49. The molecule has 0 aromatic carbocycles. The highest BCUT2D eigenvalue weighted by atomic mass is 127. The summed E-state index contributed by atoms with van der Waals surface area (Å²) < 4.78 is 6.69. The van der Waals surface area contributed by atoms with Crippen LogP contribution >= 0.6 is 22.6 Å². The molecule has 4 aliphatic rings. The smallest absolute Gasteiger partial charge is 0.293 e. The minimum Gasteiger partial charge on any atom is -0.465 e. The molecule has 2 nitrogen and oxygen atoms in total. The maximum atomic E-state index is 10.8. The lowest BCUT2D eigenvalue weighted by Gasteiger charge is -2.61. The van der Waals surface area contributed by atoms with Crippen LogP contribution in [0.5, 0.6) is 0 Å². The van der Waals surface area contributed by atoms with E-state index in [1.165, 1.54) is 55.8 Å². The number of carbonyl (C=O) groups excluding carboxylic acids is 1. The molecule has 27 heavy (non-hydrogen) atoms. The van der Waals surface area contributed by atoms with Gasteiger partial charge < -0.3 is 4.74 Å². The molecular formula is C24H39IO2. The Morgan fingerprint density at radius 1 is 1.04 bits per heavy atom. The zero-order chi connectivity index (χ0) is 19.2. The van der Waals surface area contributed by atoms with Crippen LogP contribution in [-0.2, 0) is 9.53 Å². The van der Waals surface area contributed by atoms with E-state index in [2.05, 4.69) is 43.4 Å². The van der Waals surface area contributed by atoms with Crippen LogP contribution in [0, 0.1) is 46.3 Å². The van der Waals surface area contributed by atoms with Gasteiger partial charge in [-0.15, -0.1) is 0 Å². The first-order valence-corrected chi connectivity index (χ1v) is 13.1. The van der Waals surface area contributed by atoms with Gasteiger partial charge in [-0.3, -0.25) is 4.79 Å². The van der Waals surface area contributed by atoms with Crippen molar-refractivity contribution in [1.29, 1.82) is 0 Å². The van der Waals surface area contributed by atoms with Crippen LogP contribution in [0.2, 0.25) is 0 Å². The van der Waals surface area contributed by atoms with E-state index in [1.807, 2.05) is 0 Å². The summed E-state index contributed by atoms with van der Waals surface area (Å²) in [5.41, 5.74) is 1.10. The topological polar surface area (TPSA) is 26.3 Å². The Bertz CT molecular complexity index is 550. The standard InChI is InChI=1S/C24H39IO2/c1-16(10-13-25)20-6-7-21-19-5-4-17-14-18(27-15-26)8-11-23(17,2)22(19)9-12-24(20,21)3/h15-22H,4-14H2,1-3H3/t16-,17-,18-,19+,20-,21+,22+,23+,24-/m1/s1. The third-order valence-corrected chi connectivity index (χ3v) is 10.8. The van der Waals surface area contributed by atoms with Gasteiger partial charge in [-0.05, 0) is 115 Å². The van der Waals surface area contributed by atoms with Gasteiger partial charge in [-0.2, -0.15) is 0 Å². The first-order valence-electron chi connectivity index (χ1n) is 11.6. The second-order valence-corrected chi connectivity index (χ2v) is 12.0. The molecular weight excluding hydrogens is 447 g/mol. The average molecular weight is 486 g/mol. The highest BCUT2D eigenvalue weighted by Gasteiger charge is 2.60. The second kappa shape index (κ2) is 7.80. The minimum atomic E-state index is 0.191. The summed E-state index contributed by atoms with van der Waals surface area (Å²) >= 11 is 2.57. The average Bonchev–Trinajstić information content (AvgIpc) is 3.00. The summed E-state index contributed by atoms with van der Waals surface area (Å²) in [6.45, 7) is 8.51. The maximum Gasteiger partial charge on any atom is 0.293 e. The Balaban J connectivity index is 1.52. The summed E-state index contributed by atoms with van der Waals surface area (Å²) in [7, 11) is 0. The first kappa shape index (κ1) is 20.5. The van der Waals surface area contributed by atoms with Crippen LogP contribution in [0.4, 0.5) is 0 Å². The normalized spacial score (nSPS) is 50.2. The number of fused-ring (bicyclic) bond motifs is 5. The van der Waals surface area contributed by atoms with Gasteiger partial charge in [0.25, 0.3) is 6.47 Å². The van der Waals surface area contributed by atoms with Gasteiger partial charge in [0, 0.05) is 0 Å². The van der Waals surface area contributed by atoms with E-state index in [9.17, 15) is 4.79 Å². The molecule has 0 unspecified atom stereocenters. The van der Waals surface area contributed by atoms with E-state index in [0.29, 0.717) is 17.3 Å². The number of hydrogen-bond acceptors (Lipinski definition) is 2. The first-order chi connectivity index (χ1) is 12.9. The Morgan fingerprint density at radius 2 is 1.78 bits per heavy atom. The Labute approximate surface area is 180 Å². The number of alkyl halides is 1. The molecule has 0 saturated heterocycles. The van der Waals surface area contributed by atoms with Crippen LogP contribution in [0.15, 0.2) is 0 Å². The highest BCUT2D eigenvalue weighted by molar-refractivity contribution is 14.1. The Hall–Kier alpha value is 0.200. The van der Waals surface area contributed by atoms with E-state index in [4.69, 9.17) is 4.74 Å². The lowest BCUT2D eigenvalue weighted by molar-refractivity contribution is -0.150. The SMILES string of the molecule is C[C@H](CCI)[C@H]1CC[C@H]2[C@@H]3CC[C@@H]4C[C@H](OC=O)CC[C@]4(C)[C@H]3CC[C@]12C. The van der Waals surface area contributed by atoms with Gasteiger partial charge in [-0.1, -0.05) is 43.4 Å². The molecule has 0 N–H and O–H groups in total. The van der Waals surface area contributed by atoms with E-state index >= 15 is 0 Å². The van der Waals surface area contributed by atoms with Crippen molar-refractivity contribution >= 4 is 29.1 Å².